The Morgan fingerprint density at radius 3 is 2.16 bits per heavy atom. The van der Waals surface area contributed by atoms with Crippen LogP contribution in [0.25, 0.3) is 10.8 Å². The molecule has 3 aromatic carbocycles. The fourth-order valence-electron chi connectivity index (χ4n) is 8.09. The largest absolute Gasteiger partial charge is 0.394 e. The quantitative estimate of drug-likeness (QED) is 0.411. The van der Waals surface area contributed by atoms with Crippen LogP contribution in [-0.4, -0.2) is 70.7 Å². The molecule has 4 aliphatic rings. The van der Waals surface area contributed by atoms with E-state index in [0.29, 0.717) is 18.7 Å². The van der Waals surface area contributed by atoms with E-state index in [1.54, 1.807) is 14.7 Å². The van der Waals surface area contributed by atoms with E-state index in [9.17, 15) is 19.5 Å². The second-order valence-corrected chi connectivity index (χ2v) is 12.9. The minimum Gasteiger partial charge on any atom is -0.394 e. The highest BCUT2D eigenvalue weighted by atomic mass is 16.5. The van der Waals surface area contributed by atoms with E-state index in [2.05, 4.69) is 0 Å². The number of para-hydroxylation sites is 1. The number of carbonyl (C=O) groups is 3. The number of hydrogen-bond acceptors (Lipinski definition) is 5. The molecule has 1 unspecified atom stereocenters. The van der Waals surface area contributed by atoms with Gasteiger partial charge >= 0.3 is 0 Å². The van der Waals surface area contributed by atoms with Gasteiger partial charge in [0.1, 0.15) is 11.6 Å². The molecule has 7 rings (SSSR count). The maximum atomic E-state index is 15.0. The Bertz CT molecular complexity index is 1720. The van der Waals surface area contributed by atoms with Crippen molar-refractivity contribution in [3.63, 3.8) is 0 Å². The number of benzene rings is 3. The summed E-state index contributed by atoms with van der Waals surface area (Å²) in [6.45, 7) is 6.14. The Morgan fingerprint density at radius 2 is 1.47 bits per heavy atom. The monoisotopic (exact) mass is 605 g/mol. The number of aliphatic hydroxyl groups excluding tert-OH is 1. The van der Waals surface area contributed by atoms with Gasteiger partial charge in [-0.3, -0.25) is 14.4 Å². The molecule has 0 aliphatic carbocycles. The molecule has 0 saturated carbocycles. The summed E-state index contributed by atoms with van der Waals surface area (Å²) < 4.78 is 7.12. The molecular weight excluding hydrogens is 566 g/mol. The van der Waals surface area contributed by atoms with Crippen molar-refractivity contribution < 1.29 is 24.2 Å². The van der Waals surface area contributed by atoms with Crippen molar-refractivity contribution in [2.45, 2.75) is 50.5 Å². The maximum Gasteiger partial charge on any atom is 0.253 e. The first-order valence-corrected chi connectivity index (χ1v) is 15.9. The van der Waals surface area contributed by atoms with Crippen molar-refractivity contribution in [2.75, 3.05) is 29.5 Å². The zero-order chi connectivity index (χ0) is 31.5. The number of nitrogens with zero attached hydrogens (tertiary/aromatic N) is 3. The molecule has 2 saturated heterocycles. The predicted octanol–water partition coefficient (Wildman–Crippen LogP) is 4.72. The number of hydrogen-bond donors (Lipinski definition) is 1. The van der Waals surface area contributed by atoms with Gasteiger partial charge in [0.15, 0.2) is 0 Å². The van der Waals surface area contributed by atoms with Crippen LogP contribution in [0.3, 0.4) is 0 Å². The third-order valence-corrected chi connectivity index (χ3v) is 10.3. The zero-order valence-electron chi connectivity index (χ0n) is 25.9. The molecule has 45 heavy (non-hydrogen) atoms. The molecule has 3 aromatic rings. The number of carbonyl (C=O) groups excluding carboxylic acids is 3. The van der Waals surface area contributed by atoms with Crippen molar-refractivity contribution in [1.82, 2.24) is 4.90 Å². The number of amides is 3. The molecule has 4 heterocycles. The van der Waals surface area contributed by atoms with E-state index in [0.717, 1.165) is 16.5 Å². The minimum atomic E-state index is -1.40. The lowest BCUT2D eigenvalue weighted by molar-refractivity contribution is -0.150. The average molecular weight is 606 g/mol. The number of aliphatic hydroxyl groups is 1. The summed E-state index contributed by atoms with van der Waals surface area (Å²) in [4.78, 5) is 49.5. The molecule has 8 nitrogen and oxygen atoms in total. The van der Waals surface area contributed by atoms with E-state index in [-0.39, 0.29) is 36.8 Å². The van der Waals surface area contributed by atoms with Gasteiger partial charge in [-0.25, -0.2) is 0 Å². The lowest BCUT2D eigenvalue weighted by Crippen LogP contribution is -2.60. The topological polar surface area (TPSA) is 90.4 Å². The summed E-state index contributed by atoms with van der Waals surface area (Å²) in [6, 6.07) is 21.6. The first-order chi connectivity index (χ1) is 21.8. The number of likely N-dealkylation sites (tertiary alicyclic amines) is 1. The lowest BCUT2D eigenvalue weighted by Gasteiger charge is -2.41. The average Bonchev–Trinajstić information content (AvgIpc) is 3.34. The summed E-state index contributed by atoms with van der Waals surface area (Å²) >= 11 is 0. The minimum absolute atomic E-state index is 0.148. The number of fused-ring (bicyclic) bond motifs is 3. The van der Waals surface area contributed by atoms with Crippen LogP contribution in [0.1, 0.15) is 27.2 Å². The number of anilines is 2. The summed E-state index contributed by atoms with van der Waals surface area (Å²) in [6.07, 6.45) is 8.10. The molecular formula is C37H39N3O5. The van der Waals surface area contributed by atoms with Crippen LogP contribution in [-0.2, 0) is 19.1 Å². The number of ether oxygens (including phenoxy) is 1. The molecule has 1 N–H and O–H groups in total. The van der Waals surface area contributed by atoms with Gasteiger partial charge in [-0.15, -0.1) is 0 Å². The van der Waals surface area contributed by atoms with Gasteiger partial charge in [-0.1, -0.05) is 93.6 Å². The third-order valence-electron chi connectivity index (χ3n) is 10.3. The van der Waals surface area contributed by atoms with E-state index in [1.165, 1.54) is 0 Å². The molecule has 232 valence electrons. The summed E-state index contributed by atoms with van der Waals surface area (Å²) in [7, 11) is 0. The van der Waals surface area contributed by atoms with Crippen LogP contribution in [0.5, 0.6) is 0 Å². The van der Waals surface area contributed by atoms with Crippen molar-refractivity contribution in [1.29, 1.82) is 0 Å². The Hall–Kier alpha value is -4.27. The molecule has 4 aliphatic heterocycles. The van der Waals surface area contributed by atoms with Gasteiger partial charge < -0.3 is 24.5 Å². The van der Waals surface area contributed by atoms with Crippen molar-refractivity contribution in [2.24, 2.45) is 17.8 Å². The van der Waals surface area contributed by atoms with Crippen LogP contribution >= 0.6 is 0 Å². The Labute approximate surface area is 263 Å². The van der Waals surface area contributed by atoms with Crippen molar-refractivity contribution in [3.8, 4) is 0 Å². The SMILES string of the molecule is CC[C@]12C=CCN(c3ccccc3)C(=O)[C@H]1[C@H]1C(=O)N([C@@H](CO)C(C)C)C3C(=O)N(c4ccc5ccccc5c4)CC=C[C@@]31O2. The Kier molecular flexibility index (Phi) is 7.17. The van der Waals surface area contributed by atoms with Crippen LogP contribution in [0, 0.1) is 17.8 Å². The first-order valence-electron chi connectivity index (χ1n) is 15.9. The summed E-state index contributed by atoms with van der Waals surface area (Å²) in [5, 5.41) is 12.7. The zero-order valence-corrected chi connectivity index (χ0v) is 25.9. The molecule has 1 spiro atoms. The second-order valence-electron chi connectivity index (χ2n) is 12.9. The van der Waals surface area contributed by atoms with Gasteiger partial charge in [-0.05, 0) is 47.4 Å². The molecule has 3 amide bonds. The van der Waals surface area contributed by atoms with E-state index < -0.39 is 35.1 Å². The summed E-state index contributed by atoms with van der Waals surface area (Å²) in [5.41, 5.74) is -1.03. The van der Waals surface area contributed by atoms with Crippen LogP contribution in [0.2, 0.25) is 0 Å². The fourth-order valence-corrected chi connectivity index (χ4v) is 8.09. The Morgan fingerprint density at radius 1 is 0.800 bits per heavy atom. The standard InChI is InChI=1S/C37H39N3O5/c1-4-36-18-10-20-38(27-14-6-5-7-15-27)33(42)30(36)31-34(43)40(29(23-41)24(2)3)32-35(44)39(21-11-19-37(31,32)45-36)28-17-16-25-12-8-9-13-26(25)22-28/h5-19,22,24,29-32,41H,4,20-21,23H2,1-3H3/t29-,30+,31-,32?,36-,37-/m0/s1. The van der Waals surface area contributed by atoms with Crippen LogP contribution < -0.4 is 9.80 Å². The van der Waals surface area contributed by atoms with Gasteiger partial charge in [0.25, 0.3) is 5.91 Å². The highest BCUT2D eigenvalue weighted by molar-refractivity contribution is 6.08. The summed E-state index contributed by atoms with van der Waals surface area (Å²) in [5.74, 6) is -2.78. The maximum absolute atomic E-state index is 15.0. The highest BCUT2D eigenvalue weighted by Crippen LogP contribution is 2.59. The van der Waals surface area contributed by atoms with Gasteiger partial charge in [0.2, 0.25) is 11.8 Å². The molecule has 0 radical (unpaired) electrons. The highest BCUT2D eigenvalue weighted by Gasteiger charge is 2.76. The molecule has 2 fully saturated rings. The molecule has 0 aromatic heterocycles. The van der Waals surface area contributed by atoms with Crippen molar-refractivity contribution in [3.05, 3.63) is 97.1 Å². The predicted molar refractivity (Wildman–Crippen MR) is 174 cm³/mol. The van der Waals surface area contributed by atoms with Gasteiger partial charge in [-0.2, -0.15) is 0 Å². The van der Waals surface area contributed by atoms with Crippen LogP contribution in [0.4, 0.5) is 11.4 Å². The normalized spacial score (nSPS) is 30.0. The molecule has 6 atom stereocenters. The fraction of sp³-hybridized carbons (Fsp3) is 0.378. The smallest absolute Gasteiger partial charge is 0.253 e. The van der Waals surface area contributed by atoms with Gasteiger partial charge in [0, 0.05) is 24.5 Å². The third kappa shape index (κ3) is 4.30. The number of rotatable bonds is 6. The van der Waals surface area contributed by atoms with E-state index >= 15 is 0 Å². The lowest BCUT2D eigenvalue weighted by atomic mass is 9.73. The Balaban J connectivity index is 1.39. The van der Waals surface area contributed by atoms with E-state index in [4.69, 9.17) is 4.74 Å². The van der Waals surface area contributed by atoms with E-state index in [1.807, 2.05) is 118 Å². The van der Waals surface area contributed by atoms with Crippen molar-refractivity contribution >= 4 is 39.9 Å². The van der Waals surface area contributed by atoms with Crippen LogP contribution in [0.15, 0.2) is 97.1 Å². The molecule has 8 heteroatoms. The molecule has 0 bridgehead atoms. The first kappa shape index (κ1) is 29.4. The van der Waals surface area contributed by atoms with Gasteiger partial charge in [0.05, 0.1) is 30.1 Å². The second kappa shape index (κ2) is 11.0.